The molecule has 0 heterocycles. The highest BCUT2D eigenvalue weighted by molar-refractivity contribution is 6.06. The quantitative estimate of drug-likeness (QED) is 0.486. The van der Waals surface area contributed by atoms with Crippen LogP contribution < -0.4 is 10.6 Å². The largest absolute Gasteiger partial charge is 0.465 e. The van der Waals surface area contributed by atoms with Crippen LogP contribution in [0, 0.1) is 0 Å². The lowest BCUT2D eigenvalue weighted by Crippen LogP contribution is -2.22. The van der Waals surface area contributed by atoms with E-state index in [-0.39, 0.29) is 40.3 Å². The zero-order valence-electron chi connectivity index (χ0n) is 18.6. The van der Waals surface area contributed by atoms with E-state index in [1.165, 1.54) is 37.4 Å². The molecule has 2 amide bonds. The molecule has 0 aliphatic carbocycles. The van der Waals surface area contributed by atoms with Gasteiger partial charge < -0.3 is 24.8 Å². The Kier molecular flexibility index (Phi) is 8.34. The molecule has 0 aromatic heterocycles. The lowest BCUT2D eigenvalue weighted by molar-refractivity contribution is 0.0376. The van der Waals surface area contributed by atoms with E-state index in [0.29, 0.717) is 0 Å². The Balaban J connectivity index is 2.31. The molecule has 0 saturated heterocycles. The normalized spacial score (nSPS) is 10.5. The maximum atomic E-state index is 12.6. The summed E-state index contributed by atoms with van der Waals surface area (Å²) < 4.78 is 15.1. The van der Waals surface area contributed by atoms with Crippen LogP contribution in [0.4, 0.5) is 16.2 Å². The molecule has 0 aliphatic heterocycles. The minimum Gasteiger partial charge on any atom is -0.465 e. The number of methoxy groups -OCH3 is 1. The van der Waals surface area contributed by atoms with Gasteiger partial charge in [-0.05, 0) is 58.0 Å². The maximum absolute atomic E-state index is 12.6. The molecule has 32 heavy (non-hydrogen) atoms. The van der Waals surface area contributed by atoms with Crippen LogP contribution in [0.2, 0.25) is 0 Å². The highest BCUT2D eigenvalue weighted by atomic mass is 16.5. The second-order valence-corrected chi connectivity index (χ2v) is 7.32. The Morgan fingerprint density at radius 3 is 1.78 bits per heavy atom. The Morgan fingerprint density at radius 2 is 1.28 bits per heavy atom. The van der Waals surface area contributed by atoms with E-state index in [1.807, 2.05) is 0 Å². The molecule has 2 aromatic carbocycles. The van der Waals surface area contributed by atoms with Crippen LogP contribution >= 0.6 is 0 Å². The molecule has 0 spiro atoms. The third-order valence-electron chi connectivity index (χ3n) is 3.93. The summed E-state index contributed by atoms with van der Waals surface area (Å²) in [7, 11) is 1.23. The second kappa shape index (κ2) is 10.9. The van der Waals surface area contributed by atoms with E-state index in [2.05, 4.69) is 10.6 Å². The standard InChI is InChI=1S/C23H26N2O7/c1-13(2)31-20(26)15-10-16(21(27)32-14(3)4)12-17(11-15)24-23(29)25-19-9-7-6-8-18(19)22(28)30-5/h6-14H,1-5H3,(H2,24,25,29). The van der Waals surface area contributed by atoms with Crippen LogP contribution in [0.15, 0.2) is 42.5 Å². The summed E-state index contributed by atoms with van der Waals surface area (Å²) in [6, 6.07) is 9.71. The molecule has 0 radical (unpaired) electrons. The van der Waals surface area contributed by atoms with Gasteiger partial charge in [-0.3, -0.25) is 0 Å². The zero-order chi connectivity index (χ0) is 23.8. The first-order valence-electron chi connectivity index (χ1n) is 9.93. The first-order chi connectivity index (χ1) is 15.1. The average molecular weight is 442 g/mol. The van der Waals surface area contributed by atoms with Gasteiger partial charge in [0.15, 0.2) is 0 Å². The molecule has 9 heteroatoms. The Bertz CT molecular complexity index is 975. The van der Waals surface area contributed by atoms with Crippen LogP contribution in [0.5, 0.6) is 0 Å². The highest BCUT2D eigenvalue weighted by Crippen LogP contribution is 2.20. The predicted molar refractivity (Wildman–Crippen MR) is 118 cm³/mol. The van der Waals surface area contributed by atoms with E-state index < -0.39 is 23.9 Å². The zero-order valence-corrected chi connectivity index (χ0v) is 18.6. The molecule has 0 saturated carbocycles. The fraction of sp³-hybridized carbons (Fsp3) is 0.304. The van der Waals surface area contributed by atoms with Crippen molar-refractivity contribution in [1.29, 1.82) is 0 Å². The summed E-state index contributed by atoms with van der Waals surface area (Å²) in [5.74, 6) is -1.92. The molecule has 9 nitrogen and oxygen atoms in total. The van der Waals surface area contributed by atoms with Crippen molar-refractivity contribution in [2.24, 2.45) is 0 Å². The number of para-hydroxylation sites is 1. The van der Waals surface area contributed by atoms with Gasteiger partial charge in [0.05, 0.1) is 41.7 Å². The molecule has 0 fully saturated rings. The number of esters is 3. The molecule has 0 unspecified atom stereocenters. The predicted octanol–water partition coefficient (Wildman–Crippen LogP) is 4.25. The van der Waals surface area contributed by atoms with Gasteiger partial charge in [0.1, 0.15) is 0 Å². The van der Waals surface area contributed by atoms with Gasteiger partial charge in [-0.1, -0.05) is 12.1 Å². The summed E-state index contributed by atoms with van der Waals surface area (Å²) >= 11 is 0. The number of urea groups is 1. The number of amides is 2. The summed E-state index contributed by atoms with van der Waals surface area (Å²) in [6.45, 7) is 6.78. The number of hydrogen-bond acceptors (Lipinski definition) is 7. The summed E-state index contributed by atoms with van der Waals surface area (Å²) in [5, 5.41) is 5.11. The lowest BCUT2D eigenvalue weighted by atomic mass is 10.1. The SMILES string of the molecule is COC(=O)c1ccccc1NC(=O)Nc1cc(C(=O)OC(C)C)cc(C(=O)OC(C)C)c1. The van der Waals surface area contributed by atoms with E-state index in [0.717, 1.165) is 0 Å². The minimum absolute atomic E-state index is 0.0715. The molecule has 0 atom stereocenters. The fourth-order valence-electron chi connectivity index (χ4n) is 2.66. The lowest BCUT2D eigenvalue weighted by Gasteiger charge is -2.14. The first-order valence-corrected chi connectivity index (χ1v) is 9.93. The maximum Gasteiger partial charge on any atom is 0.339 e. The number of nitrogens with one attached hydrogen (secondary N) is 2. The van der Waals surface area contributed by atoms with Crippen molar-refractivity contribution in [2.75, 3.05) is 17.7 Å². The van der Waals surface area contributed by atoms with Crippen LogP contribution in [0.1, 0.15) is 58.8 Å². The third-order valence-corrected chi connectivity index (χ3v) is 3.93. The molecule has 2 rings (SSSR count). The average Bonchev–Trinajstić information content (AvgIpc) is 2.72. The summed E-state index contributed by atoms with van der Waals surface area (Å²) in [5.41, 5.74) is 0.698. The number of carbonyl (C=O) groups excluding carboxylic acids is 4. The van der Waals surface area contributed by atoms with E-state index in [1.54, 1.807) is 39.8 Å². The molecule has 0 aliphatic rings. The van der Waals surface area contributed by atoms with E-state index in [9.17, 15) is 19.2 Å². The smallest absolute Gasteiger partial charge is 0.339 e. The van der Waals surface area contributed by atoms with Crippen molar-refractivity contribution in [2.45, 2.75) is 39.9 Å². The number of ether oxygens (including phenoxy) is 3. The molecular formula is C23H26N2O7. The topological polar surface area (TPSA) is 120 Å². The van der Waals surface area contributed by atoms with Crippen molar-refractivity contribution < 1.29 is 33.4 Å². The highest BCUT2D eigenvalue weighted by Gasteiger charge is 2.18. The Morgan fingerprint density at radius 1 is 0.750 bits per heavy atom. The van der Waals surface area contributed by atoms with Gasteiger partial charge >= 0.3 is 23.9 Å². The number of hydrogen-bond donors (Lipinski definition) is 2. The molecule has 2 aromatic rings. The van der Waals surface area contributed by atoms with Gasteiger partial charge in [0.25, 0.3) is 0 Å². The fourth-order valence-corrected chi connectivity index (χ4v) is 2.66. The van der Waals surface area contributed by atoms with Gasteiger partial charge in [0.2, 0.25) is 0 Å². The molecule has 170 valence electrons. The third kappa shape index (κ3) is 6.83. The van der Waals surface area contributed by atoms with Gasteiger partial charge in [0, 0.05) is 5.69 Å². The van der Waals surface area contributed by atoms with Gasteiger partial charge in [-0.2, -0.15) is 0 Å². The number of carbonyl (C=O) groups is 4. The number of rotatable bonds is 7. The van der Waals surface area contributed by atoms with Crippen molar-refractivity contribution in [3.63, 3.8) is 0 Å². The van der Waals surface area contributed by atoms with Crippen LogP contribution in [0.3, 0.4) is 0 Å². The van der Waals surface area contributed by atoms with Crippen molar-refractivity contribution in [3.05, 3.63) is 59.2 Å². The minimum atomic E-state index is -0.695. The van der Waals surface area contributed by atoms with Gasteiger partial charge in [-0.25, -0.2) is 19.2 Å². The first kappa shape index (κ1) is 24.4. The molecular weight excluding hydrogens is 416 g/mol. The van der Waals surface area contributed by atoms with Crippen molar-refractivity contribution >= 4 is 35.3 Å². The van der Waals surface area contributed by atoms with Crippen LogP contribution in [-0.4, -0.2) is 43.3 Å². The van der Waals surface area contributed by atoms with Crippen molar-refractivity contribution in [3.8, 4) is 0 Å². The molecule has 2 N–H and O–H groups in total. The number of anilines is 2. The van der Waals surface area contributed by atoms with Crippen LogP contribution in [-0.2, 0) is 14.2 Å². The van der Waals surface area contributed by atoms with E-state index >= 15 is 0 Å². The van der Waals surface area contributed by atoms with Gasteiger partial charge in [-0.15, -0.1) is 0 Å². The molecule has 0 bridgehead atoms. The van der Waals surface area contributed by atoms with E-state index in [4.69, 9.17) is 14.2 Å². The summed E-state index contributed by atoms with van der Waals surface area (Å²) in [4.78, 5) is 49.2. The Hall–Kier alpha value is -3.88. The van der Waals surface area contributed by atoms with Crippen LogP contribution in [0.25, 0.3) is 0 Å². The second-order valence-electron chi connectivity index (χ2n) is 7.32. The summed E-state index contributed by atoms with van der Waals surface area (Å²) in [6.07, 6.45) is -0.744. The van der Waals surface area contributed by atoms with Crippen molar-refractivity contribution in [1.82, 2.24) is 0 Å². The Labute approximate surface area is 186 Å². The number of benzene rings is 2. The monoisotopic (exact) mass is 442 g/mol.